The number of rotatable bonds is 7. The van der Waals surface area contributed by atoms with Crippen LogP contribution >= 0.6 is 0 Å². The molecule has 9 nitrogen and oxygen atoms in total. The number of nitrogens with zero attached hydrogens (tertiary/aromatic N) is 6. The number of nitrogens with one attached hydrogen (secondary N) is 1. The number of nitrogens with two attached hydrogens (primary N) is 1. The number of likely N-dealkylation sites (tertiary alicyclic amines) is 1. The van der Waals surface area contributed by atoms with E-state index in [4.69, 9.17) is 10.5 Å². The highest BCUT2D eigenvalue weighted by molar-refractivity contribution is 6.11. The van der Waals surface area contributed by atoms with Gasteiger partial charge in [0, 0.05) is 37.1 Å². The summed E-state index contributed by atoms with van der Waals surface area (Å²) in [4.78, 5) is 6.77. The lowest BCUT2D eigenvalue weighted by molar-refractivity contribution is 0.150. The van der Waals surface area contributed by atoms with E-state index in [-0.39, 0.29) is 0 Å². The number of hydrogen-bond acceptors (Lipinski definition) is 8. The summed E-state index contributed by atoms with van der Waals surface area (Å²) in [6.45, 7) is 3.60. The number of aliphatic imine (C=N–C) groups is 1. The number of aromatic nitrogens is 4. The molecule has 0 radical (unpaired) electrons. The Morgan fingerprint density at radius 1 is 1.29 bits per heavy atom. The summed E-state index contributed by atoms with van der Waals surface area (Å²) in [7, 11) is 3.87. The smallest absolute Gasteiger partial charge is 0.160 e. The second kappa shape index (κ2) is 9.13. The minimum Gasteiger partial charge on any atom is -0.488 e. The van der Waals surface area contributed by atoms with Crippen LogP contribution in [-0.4, -0.2) is 63.7 Å². The lowest BCUT2D eigenvalue weighted by Crippen LogP contribution is -2.30. The summed E-state index contributed by atoms with van der Waals surface area (Å²) in [6.07, 6.45) is 5.71. The van der Waals surface area contributed by atoms with Crippen molar-refractivity contribution >= 4 is 22.9 Å². The van der Waals surface area contributed by atoms with Crippen molar-refractivity contribution in [3.8, 4) is 0 Å². The third-order valence-electron chi connectivity index (χ3n) is 5.50. The highest BCUT2D eigenvalue weighted by Crippen LogP contribution is 2.20. The van der Waals surface area contributed by atoms with Crippen LogP contribution in [-0.2, 0) is 4.74 Å². The molecule has 3 N–H and O–H groups in total. The molecule has 1 atom stereocenters. The molecule has 4 heterocycles. The molecular weight excluding hydrogens is 392 g/mol. The number of fused-ring (bicyclic) bond motifs is 1. The molecule has 1 aliphatic rings. The fourth-order valence-corrected chi connectivity index (χ4v) is 3.75. The minimum absolute atomic E-state index is 0.406. The van der Waals surface area contributed by atoms with E-state index in [0.717, 1.165) is 29.7 Å². The lowest BCUT2D eigenvalue weighted by Gasteiger charge is -2.21. The molecule has 0 unspecified atom stereocenters. The summed E-state index contributed by atoms with van der Waals surface area (Å²) >= 11 is 0. The Labute approximate surface area is 181 Å². The van der Waals surface area contributed by atoms with Crippen LogP contribution in [0.15, 0.2) is 53.5 Å². The minimum atomic E-state index is 0.406. The van der Waals surface area contributed by atoms with Gasteiger partial charge in [0.2, 0.25) is 0 Å². The summed E-state index contributed by atoms with van der Waals surface area (Å²) in [5, 5.41) is 15.9. The number of ether oxygens (including phenoxy) is 1. The van der Waals surface area contributed by atoms with Crippen molar-refractivity contribution in [3.05, 3.63) is 59.7 Å². The average Bonchev–Trinajstić information content (AvgIpc) is 3.37. The number of hydrogen-bond donors (Lipinski definition) is 2. The third kappa shape index (κ3) is 4.66. The zero-order chi connectivity index (χ0) is 21.8. The molecule has 1 saturated heterocycles. The van der Waals surface area contributed by atoms with Crippen molar-refractivity contribution in [3.63, 3.8) is 0 Å². The number of aryl methyl sites for hydroxylation is 1. The summed E-state index contributed by atoms with van der Waals surface area (Å²) in [6, 6.07) is 10.1. The molecule has 3 aromatic rings. The predicted octanol–water partition coefficient (Wildman–Crippen LogP) is 2.51. The van der Waals surface area contributed by atoms with E-state index in [1.807, 2.05) is 43.5 Å². The van der Waals surface area contributed by atoms with E-state index in [0.29, 0.717) is 35.8 Å². The monoisotopic (exact) mass is 420 g/mol. The molecule has 162 valence electrons. The maximum absolute atomic E-state index is 6.07. The second-order valence-electron chi connectivity index (χ2n) is 7.69. The van der Waals surface area contributed by atoms with E-state index < -0.39 is 0 Å². The van der Waals surface area contributed by atoms with E-state index in [2.05, 4.69) is 37.6 Å². The van der Waals surface area contributed by atoms with Crippen LogP contribution in [0.1, 0.15) is 24.1 Å². The SMILES string of the molecule is CN=C(/C(=C/N)OC[C@H]1CCCN1C)c1ccn2nc(Nc3ccc(C)nn3)cc2c1. The van der Waals surface area contributed by atoms with Gasteiger partial charge in [-0.2, -0.15) is 10.2 Å². The van der Waals surface area contributed by atoms with Gasteiger partial charge in [-0.1, -0.05) is 0 Å². The first-order chi connectivity index (χ1) is 15.1. The molecule has 0 aliphatic carbocycles. The van der Waals surface area contributed by atoms with E-state index in [1.165, 1.54) is 12.6 Å². The van der Waals surface area contributed by atoms with Gasteiger partial charge in [0.05, 0.1) is 11.2 Å². The normalized spacial score (nSPS) is 18.0. The lowest BCUT2D eigenvalue weighted by atomic mass is 10.1. The van der Waals surface area contributed by atoms with Gasteiger partial charge < -0.3 is 20.7 Å². The van der Waals surface area contributed by atoms with Gasteiger partial charge in [-0.3, -0.25) is 4.99 Å². The fourth-order valence-electron chi connectivity index (χ4n) is 3.75. The summed E-state index contributed by atoms with van der Waals surface area (Å²) < 4.78 is 7.87. The van der Waals surface area contributed by atoms with Crippen LogP contribution in [0.25, 0.3) is 5.52 Å². The van der Waals surface area contributed by atoms with E-state index in [9.17, 15) is 0 Å². The second-order valence-corrected chi connectivity index (χ2v) is 7.69. The molecule has 1 fully saturated rings. The van der Waals surface area contributed by atoms with Crippen molar-refractivity contribution in [2.45, 2.75) is 25.8 Å². The number of anilines is 2. The average molecular weight is 421 g/mol. The molecule has 0 amide bonds. The van der Waals surface area contributed by atoms with Gasteiger partial charge in [0.25, 0.3) is 0 Å². The molecular formula is C22H28N8O. The van der Waals surface area contributed by atoms with Crippen molar-refractivity contribution in [1.29, 1.82) is 0 Å². The quantitative estimate of drug-likeness (QED) is 0.447. The molecule has 0 aromatic carbocycles. The first-order valence-electron chi connectivity index (χ1n) is 10.4. The van der Waals surface area contributed by atoms with Crippen LogP contribution < -0.4 is 11.1 Å². The molecule has 0 spiro atoms. The third-order valence-corrected chi connectivity index (χ3v) is 5.50. The maximum Gasteiger partial charge on any atom is 0.160 e. The molecule has 3 aromatic heterocycles. The standard InChI is InChI=1S/C22H28N8O/c1-15-6-7-20(27-26-15)25-21-12-18-11-16(8-10-30(18)28-21)22(24-2)19(13-23)31-14-17-5-4-9-29(17)3/h6-8,10-13,17H,4-5,9,14,23H2,1-3H3,(H,25,27,28)/b19-13-,24-22?/t17-/m1/s1. The Kier molecular flexibility index (Phi) is 6.13. The number of allylic oxidation sites excluding steroid dienone is 1. The highest BCUT2D eigenvalue weighted by Gasteiger charge is 2.22. The maximum atomic E-state index is 6.07. The van der Waals surface area contributed by atoms with Gasteiger partial charge in [-0.25, -0.2) is 4.52 Å². The van der Waals surface area contributed by atoms with Crippen LogP contribution in [0.3, 0.4) is 0 Å². The first kappa shape index (κ1) is 20.8. The Morgan fingerprint density at radius 3 is 2.84 bits per heavy atom. The van der Waals surface area contributed by atoms with Crippen LogP contribution in [0, 0.1) is 6.92 Å². The molecule has 0 saturated carbocycles. The largest absolute Gasteiger partial charge is 0.488 e. The Balaban J connectivity index is 1.52. The predicted molar refractivity (Wildman–Crippen MR) is 122 cm³/mol. The van der Waals surface area contributed by atoms with Gasteiger partial charge in [-0.05, 0) is 57.6 Å². The Hall–Kier alpha value is -3.46. The molecule has 1 aliphatic heterocycles. The Morgan fingerprint density at radius 2 is 2.16 bits per heavy atom. The molecule has 31 heavy (non-hydrogen) atoms. The van der Waals surface area contributed by atoms with Crippen molar-refractivity contribution in [1.82, 2.24) is 24.7 Å². The van der Waals surface area contributed by atoms with Gasteiger partial charge in [0.1, 0.15) is 12.3 Å². The van der Waals surface area contributed by atoms with Crippen molar-refractivity contribution in [2.75, 3.05) is 32.6 Å². The molecule has 4 rings (SSSR count). The zero-order valence-electron chi connectivity index (χ0n) is 18.1. The fraction of sp³-hybridized carbons (Fsp3) is 0.364. The number of pyridine rings is 1. The zero-order valence-corrected chi connectivity index (χ0v) is 18.1. The number of likely N-dealkylation sites (N-methyl/N-ethyl adjacent to an activating group) is 1. The highest BCUT2D eigenvalue weighted by atomic mass is 16.5. The van der Waals surface area contributed by atoms with Gasteiger partial charge >= 0.3 is 0 Å². The first-order valence-corrected chi connectivity index (χ1v) is 10.4. The topological polar surface area (TPSA) is 106 Å². The Bertz CT molecular complexity index is 1100. The van der Waals surface area contributed by atoms with Gasteiger partial charge in [-0.15, -0.1) is 5.10 Å². The van der Waals surface area contributed by atoms with E-state index >= 15 is 0 Å². The molecule has 0 bridgehead atoms. The van der Waals surface area contributed by atoms with Crippen LogP contribution in [0.2, 0.25) is 0 Å². The van der Waals surface area contributed by atoms with Crippen molar-refractivity contribution < 1.29 is 4.74 Å². The van der Waals surface area contributed by atoms with Gasteiger partial charge in [0.15, 0.2) is 17.4 Å². The van der Waals surface area contributed by atoms with Crippen molar-refractivity contribution in [2.24, 2.45) is 10.7 Å². The summed E-state index contributed by atoms with van der Waals surface area (Å²) in [5.74, 6) is 1.91. The molecule has 9 heteroatoms. The van der Waals surface area contributed by atoms with Crippen LogP contribution in [0.4, 0.5) is 11.6 Å². The van der Waals surface area contributed by atoms with Crippen LogP contribution in [0.5, 0.6) is 0 Å². The van der Waals surface area contributed by atoms with E-state index in [1.54, 1.807) is 11.6 Å². The summed E-state index contributed by atoms with van der Waals surface area (Å²) in [5.41, 5.74) is 9.29.